The second kappa shape index (κ2) is 4.06. The smallest absolute Gasteiger partial charge is 0.333 e. The third-order valence-corrected chi connectivity index (χ3v) is 1.40. The Bertz CT molecular complexity index is 192. The number of aliphatic hydroxyl groups excluding tert-OH is 1. The molecule has 5 nitrogen and oxygen atoms in total. The van der Waals surface area contributed by atoms with E-state index in [-0.39, 0.29) is 0 Å². The highest BCUT2D eigenvalue weighted by atomic mass is 16.5. The molecule has 0 aromatic rings. The number of amides is 1. The van der Waals surface area contributed by atoms with Crippen LogP contribution >= 0.6 is 0 Å². The molecule has 0 aromatic carbocycles. The molecule has 0 bridgehead atoms. The van der Waals surface area contributed by atoms with Gasteiger partial charge in [-0.1, -0.05) is 0 Å². The summed E-state index contributed by atoms with van der Waals surface area (Å²) in [5, 5.41) is 11.1. The summed E-state index contributed by atoms with van der Waals surface area (Å²) in [7, 11) is 1.19. The molecule has 0 aromatic heterocycles. The zero-order valence-electron chi connectivity index (χ0n) is 7.38. The number of carbonyl (C=O) groups excluding carboxylic acids is 2. The number of methoxy groups -OCH3 is 1. The first-order valence-electron chi connectivity index (χ1n) is 3.44. The van der Waals surface area contributed by atoms with Crippen molar-refractivity contribution in [1.82, 2.24) is 5.32 Å². The largest absolute Gasteiger partial charge is 0.467 e. The predicted octanol–water partition coefficient (Wildman–Crippen LogP) is -0.954. The first-order chi connectivity index (χ1) is 5.46. The number of hydrogen-bond acceptors (Lipinski definition) is 4. The van der Waals surface area contributed by atoms with Gasteiger partial charge in [0.1, 0.15) is 0 Å². The molecule has 1 unspecified atom stereocenters. The average molecular weight is 175 g/mol. The zero-order valence-corrected chi connectivity index (χ0v) is 7.38. The second-order valence-electron chi connectivity index (χ2n) is 2.66. The van der Waals surface area contributed by atoms with Crippen LogP contribution in [0.2, 0.25) is 0 Å². The second-order valence-corrected chi connectivity index (χ2v) is 2.66. The summed E-state index contributed by atoms with van der Waals surface area (Å²) in [5.74, 6) is -1.06. The van der Waals surface area contributed by atoms with Gasteiger partial charge in [0, 0.05) is 6.92 Å². The van der Waals surface area contributed by atoms with E-state index in [0.717, 1.165) is 0 Å². The molecule has 0 saturated carbocycles. The number of rotatable bonds is 3. The highest BCUT2D eigenvalue weighted by molar-refractivity contribution is 5.86. The SMILES string of the molecule is COC(=O)C(C)(CO)NC(C)=O. The van der Waals surface area contributed by atoms with Crippen molar-refractivity contribution >= 4 is 11.9 Å². The van der Waals surface area contributed by atoms with Gasteiger partial charge in [0.25, 0.3) is 0 Å². The molecular weight excluding hydrogens is 162 g/mol. The average Bonchev–Trinajstić information content (AvgIpc) is 2.01. The van der Waals surface area contributed by atoms with Gasteiger partial charge in [0.05, 0.1) is 13.7 Å². The summed E-state index contributed by atoms with van der Waals surface area (Å²) in [6.07, 6.45) is 0. The molecule has 0 radical (unpaired) electrons. The lowest BCUT2D eigenvalue weighted by atomic mass is 10.0. The third-order valence-electron chi connectivity index (χ3n) is 1.40. The molecule has 0 saturated heterocycles. The van der Waals surface area contributed by atoms with Gasteiger partial charge >= 0.3 is 5.97 Å². The normalized spacial score (nSPS) is 14.7. The van der Waals surface area contributed by atoms with Crippen molar-refractivity contribution in [1.29, 1.82) is 0 Å². The molecule has 1 atom stereocenters. The first kappa shape index (κ1) is 10.9. The highest BCUT2D eigenvalue weighted by Gasteiger charge is 2.34. The van der Waals surface area contributed by atoms with Crippen molar-refractivity contribution < 1.29 is 19.4 Å². The summed E-state index contributed by atoms with van der Waals surface area (Å²) in [6.45, 7) is 2.16. The van der Waals surface area contributed by atoms with E-state index in [1.54, 1.807) is 0 Å². The summed E-state index contributed by atoms with van der Waals surface area (Å²) in [6, 6.07) is 0. The molecule has 0 aliphatic rings. The molecule has 5 heteroatoms. The number of aliphatic hydroxyl groups is 1. The standard InChI is InChI=1S/C7H13NO4/c1-5(10)8-7(2,4-9)6(11)12-3/h9H,4H2,1-3H3,(H,8,10). The maximum absolute atomic E-state index is 11.0. The Morgan fingerprint density at radius 3 is 2.33 bits per heavy atom. The lowest BCUT2D eigenvalue weighted by molar-refractivity contribution is -0.151. The van der Waals surface area contributed by atoms with Crippen molar-refractivity contribution in [3.05, 3.63) is 0 Å². The number of nitrogens with one attached hydrogen (secondary N) is 1. The molecule has 0 rings (SSSR count). The van der Waals surface area contributed by atoms with Crippen LogP contribution in [0.5, 0.6) is 0 Å². The molecule has 0 aliphatic carbocycles. The molecule has 0 aliphatic heterocycles. The van der Waals surface area contributed by atoms with Gasteiger partial charge < -0.3 is 15.2 Å². The maximum Gasteiger partial charge on any atom is 0.333 e. The van der Waals surface area contributed by atoms with Gasteiger partial charge in [0.15, 0.2) is 5.54 Å². The topological polar surface area (TPSA) is 75.6 Å². The van der Waals surface area contributed by atoms with Crippen LogP contribution in [0, 0.1) is 0 Å². The van der Waals surface area contributed by atoms with E-state index in [1.807, 2.05) is 0 Å². The van der Waals surface area contributed by atoms with Gasteiger partial charge in [0.2, 0.25) is 5.91 Å². The summed E-state index contributed by atoms with van der Waals surface area (Å²) in [5.41, 5.74) is -1.33. The fourth-order valence-corrected chi connectivity index (χ4v) is 0.769. The monoisotopic (exact) mass is 175 g/mol. The van der Waals surface area contributed by atoms with E-state index in [9.17, 15) is 9.59 Å². The number of ether oxygens (including phenoxy) is 1. The molecule has 0 spiro atoms. The van der Waals surface area contributed by atoms with E-state index in [1.165, 1.54) is 21.0 Å². The van der Waals surface area contributed by atoms with Crippen LogP contribution in [0.15, 0.2) is 0 Å². The van der Waals surface area contributed by atoms with Crippen molar-refractivity contribution in [2.75, 3.05) is 13.7 Å². The van der Waals surface area contributed by atoms with Gasteiger partial charge in [-0.05, 0) is 6.92 Å². The van der Waals surface area contributed by atoms with E-state index in [2.05, 4.69) is 10.1 Å². The lowest BCUT2D eigenvalue weighted by Gasteiger charge is -2.24. The fraction of sp³-hybridized carbons (Fsp3) is 0.714. The van der Waals surface area contributed by atoms with Gasteiger partial charge in [-0.25, -0.2) is 4.79 Å². The minimum absolute atomic E-state index is 0.392. The zero-order chi connectivity index (χ0) is 9.78. The van der Waals surface area contributed by atoms with E-state index in [4.69, 9.17) is 5.11 Å². The van der Waals surface area contributed by atoms with Crippen LogP contribution in [0.4, 0.5) is 0 Å². The first-order valence-corrected chi connectivity index (χ1v) is 3.44. The molecule has 0 fully saturated rings. The van der Waals surface area contributed by atoms with Crippen LogP contribution in [0.1, 0.15) is 13.8 Å². The highest BCUT2D eigenvalue weighted by Crippen LogP contribution is 2.04. The predicted molar refractivity (Wildman–Crippen MR) is 41.3 cm³/mol. The molecule has 0 heterocycles. The quantitative estimate of drug-likeness (QED) is 0.542. The summed E-state index contributed by atoms with van der Waals surface area (Å²) >= 11 is 0. The minimum atomic E-state index is -1.33. The molecule has 2 N–H and O–H groups in total. The fourth-order valence-electron chi connectivity index (χ4n) is 0.769. The molecule has 1 amide bonds. The van der Waals surface area contributed by atoms with Gasteiger partial charge in [-0.15, -0.1) is 0 Å². The Balaban J connectivity index is 4.44. The summed E-state index contributed by atoms with van der Waals surface area (Å²) < 4.78 is 4.39. The maximum atomic E-state index is 11.0. The van der Waals surface area contributed by atoms with Crippen LogP contribution in [0.25, 0.3) is 0 Å². The number of esters is 1. The minimum Gasteiger partial charge on any atom is -0.467 e. The Morgan fingerprint density at radius 2 is 2.08 bits per heavy atom. The summed E-state index contributed by atoms with van der Waals surface area (Å²) in [4.78, 5) is 21.6. The Kier molecular flexibility index (Phi) is 3.69. The number of carbonyl (C=O) groups is 2. The van der Waals surface area contributed by atoms with Crippen LogP contribution in [-0.2, 0) is 14.3 Å². The Hall–Kier alpha value is -1.10. The van der Waals surface area contributed by atoms with Crippen molar-refractivity contribution in [2.45, 2.75) is 19.4 Å². The Morgan fingerprint density at radius 1 is 1.58 bits per heavy atom. The van der Waals surface area contributed by atoms with E-state index >= 15 is 0 Å². The van der Waals surface area contributed by atoms with Crippen LogP contribution in [-0.4, -0.2) is 36.2 Å². The third kappa shape index (κ3) is 2.50. The van der Waals surface area contributed by atoms with Crippen molar-refractivity contribution in [3.63, 3.8) is 0 Å². The van der Waals surface area contributed by atoms with Crippen LogP contribution in [0.3, 0.4) is 0 Å². The van der Waals surface area contributed by atoms with Crippen molar-refractivity contribution in [2.24, 2.45) is 0 Å². The molecule has 70 valence electrons. The van der Waals surface area contributed by atoms with Gasteiger partial charge in [-0.3, -0.25) is 4.79 Å². The van der Waals surface area contributed by atoms with Crippen LogP contribution < -0.4 is 5.32 Å². The Labute approximate surface area is 70.7 Å². The van der Waals surface area contributed by atoms with E-state index in [0.29, 0.717) is 0 Å². The number of hydrogen-bond donors (Lipinski definition) is 2. The van der Waals surface area contributed by atoms with E-state index < -0.39 is 24.0 Å². The van der Waals surface area contributed by atoms with Crippen molar-refractivity contribution in [3.8, 4) is 0 Å². The molecular formula is C7H13NO4. The lowest BCUT2D eigenvalue weighted by Crippen LogP contribution is -2.54. The molecule has 12 heavy (non-hydrogen) atoms. The van der Waals surface area contributed by atoms with Gasteiger partial charge in [-0.2, -0.15) is 0 Å².